The molecule has 6 nitrogen and oxygen atoms in total. The number of hydrogen-bond acceptors (Lipinski definition) is 3. The van der Waals surface area contributed by atoms with Crippen molar-refractivity contribution in [1.82, 2.24) is 15.5 Å². The topological polar surface area (TPSA) is 66.0 Å². The van der Waals surface area contributed by atoms with Crippen molar-refractivity contribution in [3.63, 3.8) is 0 Å². The van der Waals surface area contributed by atoms with Gasteiger partial charge in [0.15, 0.2) is 5.96 Å². The highest BCUT2D eigenvalue weighted by atomic mass is 127. The zero-order valence-corrected chi connectivity index (χ0v) is 19.9. The lowest BCUT2D eigenvalue weighted by molar-refractivity contribution is -0.129. The predicted octanol–water partition coefficient (Wildman–Crippen LogP) is 3.37. The lowest BCUT2D eigenvalue weighted by Gasteiger charge is -2.19. The van der Waals surface area contributed by atoms with Gasteiger partial charge in [-0.3, -0.25) is 9.79 Å². The second-order valence-corrected chi connectivity index (χ2v) is 7.05. The highest BCUT2D eigenvalue weighted by Crippen LogP contribution is 2.21. The van der Waals surface area contributed by atoms with Gasteiger partial charge in [0.25, 0.3) is 0 Å². The molecule has 0 radical (unpaired) electrons. The lowest BCUT2D eigenvalue weighted by atomic mass is 9.98. The fourth-order valence-corrected chi connectivity index (χ4v) is 3.31. The molecule has 1 amide bonds. The molecular weight excluding hydrogens is 467 g/mol. The molecule has 0 spiro atoms. The van der Waals surface area contributed by atoms with Crippen LogP contribution in [0.1, 0.15) is 51.5 Å². The number of carbonyl (C=O) groups excluding carboxylic acids is 1. The molecule has 7 heteroatoms. The van der Waals surface area contributed by atoms with E-state index in [2.05, 4.69) is 36.6 Å². The molecule has 1 saturated heterocycles. The van der Waals surface area contributed by atoms with Crippen molar-refractivity contribution in [2.45, 2.75) is 52.0 Å². The minimum absolute atomic E-state index is 0. The summed E-state index contributed by atoms with van der Waals surface area (Å²) in [5.74, 6) is 2.39. The van der Waals surface area contributed by atoms with E-state index >= 15 is 0 Å². The van der Waals surface area contributed by atoms with E-state index in [1.165, 1.54) is 5.56 Å². The van der Waals surface area contributed by atoms with Gasteiger partial charge in [0, 0.05) is 38.6 Å². The summed E-state index contributed by atoms with van der Waals surface area (Å²) in [6, 6.07) is 8.52. The number of hydrogen-bond donors (Lipinski definition) is 2. The standard InChI is InChI=1S/C21H34N4O2.HI/c1-5-20(26)25-14-12-18(15-25)24-21(22-6-2)23-13-11-16(3)17-7-9-19(27-4)10-8-17;/h7-10,16,18H,5-6,11-15H2,1-4H3,(H2,22,23,24);1H. The van der Waals surface area contributed by atoms with E-state index < -0.39 is 0 Å². The molecule has 1 aliphatic heterocycles. The summed E-state index contributed by atoms with van der Waals surface area (Å²) in [7, 11) is 1.68. The van der Waals surface area contributed by atoms with Crippen LogP contribution in [0.15, 0.2) is 29.3 Å². The molecule has 2 atom stereocenters. The SMILES string of the molecule is CCNC(=NCCC(C)c1ccc(OC)cc1)NC1CCN(C(=O)CC)C1.I. The Bertz CT molecular complexity index is 621. The first-order valence-corrected chi connectivity index (χ1v) is 10.0. The predicted molar refractivity (Wildman–Crippen MR) is 126 cm³/mol. The number of methoxy groups -OCH3 is 1. The maximum absolute atomic E-state index is 11.8. The molecule has 1 heterocycles. The number of nitrogens with zero attached hydrogens (tertiary/aromatic N) is 2. The average molecular weight is 502 g/mol. The van der Waals surface area contributed by atoms with Crippen LogP contribution in [-0.2, 0) is 4.79 Å². The van der Waals surface area contributed by atoms with Crippen LogP contribution in [0.5, 0.6) is 5.75 Å². The van der Waals surface area contributed by atoms with Gasteiger partial charge in [-0.05, 0) is 43.4 Å². The smallest absolute Gasteiger partial charge is 0.222 e. The molecule has 0 bridgehead atoms. The van der Waals surface area contributed by atoms with E-state index in [1.54, 1.807) is 7.11 Å². The molecule has 28 heavy (non-hydrogen) atoms. The van der Waals surface area contributed by atoms with Gasteiger partial charge in [0.1, 0.15) is 5.75 Å². The van der Waals surface area contributed by atoms with E-state index in [0.29, 0.717) is 12.3 Å². The Hall–Kier alpha value is -1.51. The number of amides is 1. The van der Waals surface area contributed by atoms with Gasteiger partial charge in [-0.2, -0.15) is 0 Å². The highest BCUT2D eigenvalue weighted by Gasteiger charge is 2.25. The van der Waals surface area contributed by atoms with Crippen LogP contribution in [0, 0.1) is 0 Å². The van der Waals surface area contributed by atoms with Gasteiger partial charge in [0.2, 0.25) is 5.91 Å². The molecular formula is C21H35IN4O2. The Balaban J connectivity index is 0.00000392. The van der Waals surface area contributed by atoms with Crippen molar-refractivity contribution in [1.29, 1.82) is 0 Å². The maximum Gasteiger partial charge on any atom is 0.222 e. The van der Waals surface area contributed by atoms with Crippen LogP contribution in [0.2, 0.25) is 0 Å². The second-order valence-electron chi connectivity index (χ2n) is 7.05. The van der Waals surface area contributed by atoms with Crippen molar-refractivity contribution in [3.05, 3.63) is 29.8 Å². The zero-order chi connectivity index (χ0) is 19.6. The molecule has 158 valence electrons. The van der Waals surface area contributed by atoms with Crippen molar-refractivity contribution in [2.75, 3.05) is 33.3 Å². The van der Waals surface area contributed by atoms with Gasteiger partial charge in [-0.1, -0.05) is 26.0 Å². The van der Waals surface area contributed by atoms with E-state index in [4.69, 9.17) is 9.73 Å². The second kappa shape index (κ2) is 12.9. The summed E-state index contributed by atoms with van der Waals surface area (Å²) in [5.41, 5.74) is 1.30. The Kier molecular flexibility index (Phi) is 11.3. The highest BCUT2D eigenvalue weighted by molar-refractivity contribution is 14.0. The minimum Gasteiger partial charge on any atom is -0.497 e. The van der Waals surface area contributed by atoms with Gasteiger partial charge in [-0.25, -0.2) is 0 Å². The van der Waals surface area contributed by atoms with Gasteiger partial charge in [-0.15, -0.1) is 24.0 Å². The summed E-state index contributed by atoms with van der Waals surface area (Å²) in [6.45, 7) is 9.38. The van der Waals surface area contributed by atoms with Crippen LogP contribution in [0.25, 0.3) is 0 Å². The van der Waals surface area contributed by atoms with Crippen LogP contribution in [0.3, 0.4) is 0 Å². The molecule has 2 rings (SSSR count). The normalized spacial score (nSPS) is 17.6. The lowest BCUT2D eigenvalue weighted by Crippen LogP contribution is -2.45. The Morgan fingerprint density at radius 3 is 2.64 bits per heavy atom. The Labute approximate surface area is 186 Å². The number of halogens is 1. The number of benzene rings is 1. The van der Waals surface area contributed by atoms with E-state index in [9.17, 15) is 4.79 Å². The molecule has 1 aromatic carbocycles. The van der Waals surface area contributed by atoms with Gasteiger partial charge < -0.3 is 20.3 Å². The first-order chi connectivity index (χ1) is 13.1. The average Bonchev–Trinajstić information content (AvgIpc) is 3.16. The third kappa shape index (κ3) is 7.48. The first kappa shape index (κ1) is 24.5. The number of carbonyl (C=O) groups is 1. The summed E-state index contributed by atoms with van der Waals surface area (Å²) in [5, 5.41) is 6.80. The van der Waals surface area contributed by atoms with Crippen molar-refractivity contribution in [2.24, 2.45) is 4.99 Å². The van der Waals surface area contributed by atoms with Crippen molar-refractivity contribution < 1.29 is 9.53 Å². The number of ether oxygens (including phenoxy) is 1. The Morgan fingerprint density at radius 2 is 2.04 bits per heavy atom. The van der Waals surface area contributed by atoms with Crippen LogP contribution >= 0.6 is 24.0 Å². The van der Waals surface area contributed by atoms with Crippen LogP contribution in [0.4, 0.5) is 0 Å². The summed E-state index contributed by atoms with van der Waals surface area (Å²) in [4.78, 5) is 18.5. The van der Waals surface area contributed by atoms with E-state index in [-0.39, 0.29) is 35.9 Å². The van der Waals surface area contributed by atoms with Crippen LogP contribution in [-0.4, -0.2) is 56.1 Å². The molecule has 1 aromatic rings. The quantitative estimate of drug-likeness (QED) is 0.325. The number of guanidine groups is 1. The molecule has 2 N–H and O–H groups in total. The summed E-state index contributed by atoms with van der Waals surface area (Å²) >= 11 is 0. The van der Waals surface area contributed by atoms with Crippen LogP contribution < -0.4 is 15.4 Å². The van der Waals surface area contributed by atoms with Crippen molar-refractivity contribution in [3.8, 4) is 5.75 Å². The van der Waals surface area contributed by atoms with Crippen molar-refractivity contribution >= 4 is 35.8 Å². The fraction of sp³-hybridized carbons (Fsp3) is 0.619. The molecule has 0 aliphatic carbocycles. The van der Waals surface area contributed by atoms with E-state index in [0.717, 1.165) is 50.7 Å². The molecule has 1 aliphatic rings. The zero-order valence-electron chi connectivity index (χ0n) is 17.5. The number of likely N-dealkylation sites (tertiary alicyclic amines) is 1. The maximum atomic E-state index is 11.8. The van der Waals surface area contributed by atoms with Gasteiger partial charge in [0.05, 0.1) is 7.11 Å². The van der Waals surface area contributed by atoms with Gasteiger partial charge >= 0.3 is 0 Å². The fourth-order valence-electron chi connectivity index (χ4n) is 3.31. The largest absolute Gasteiger partial charge is 0.497 e. The molecule has 0 aromatic heterocycles. The summed E-state index contributed by atoms with van der Waals surface area (Å²) < 4.78 is 5.22. The number of aliphatic imine (C=N–C) groups is 1. The number of nitrogens with one attached hydrogen (secondary N) is 2. The molecule has 2 unspecified atom stereocenters. The summed E-state index contributed by atoms with van der Waals surface area (Å²) in [6.07, 6.45) is 2.52. The molecule has 1 fully saturated rings. The number of rotatable bonds is 8. The van der Waals surface area contributed by atoms with E-state index in [1.807, 2.05) is 24.0 Å². The third-order valence-corrected chi connectivity index (χ3v) is 5.05. The molecule has 0 saturated carbocycles. The third-order valence-electron chi connectivity index (χ3n) is 5.05. The first-order valence-electron chi connectivity index (χ1n) is 10.0. The monoisotopic (exact) mass is 502 g/mol. The minimum atomic E-state index is 0. The Morgan fingerprint density at radius 1 is 1.32 bits per heavy atom.